The molecule has 0 atom stereocenters. The van der Waals surface area contributed by atoms with Crippen LogP contribution in [0.15, 0.2) is 60.7 Å². The maximum absolute atomic E-state index is 12.6. The van der Waals surface area contributed by atoms with Crippen molar-refractivity contribution in [2.75, 3.05) is 19.5 Å². The summed E-state index contributed by atoms with van der Waals surface area (Å²) in [7, 11) is 3.24. The van der Waals surface area contributed by atoms with Crippen molar-refractivity contribution in [1.29, 1.82) is 0 Å². The minimum absolute atomic E-state index is 0.267. The van der Waals surface area contributed by atoms with Crippen LogP contribution in [-0.4, -0.2) is 34.9 Å². The van der Waals surface area contributed by atoms with E-state index in [9.17, 15) is 4.79 Å². The second-order valence-electron chi connectivity index (χ2n) is 7.33. The van der Waals surface area contributed by atoms with E-state index in [1.807, 2.05) is 68.4 Å². The molecule has 1 amide bonds. The Morgan fingerprint density at radius 1 is 1.03 bits per heavy atom. The zero-order valence-electron chi connectivity index (χ0n) is 18.4. The van der Waals surface area contributed by atoms with E-state index in [0.717, 1.165) is 33.5 Å². The zero-order valence-corrected chi connectivity index (χ0v) is 18.4. The van der Waals surface area contributed by atoms with Crippen molar-refractivity contribution in [3.8, 4) is 17.3 Å². The Morgan fingerprint density at radius 2 is 1.81 bits per heavy atom. The van der Waals surface area contributed by atoms with Crippen molar-refractivity contribution in [1.82, 2.24) is 14.8 Å². The average molecular weight is 428 g/mol. The van der Waals surface area contributed by atoms with Crippen LogP contribution in [-0.2, 0) is 4.79 Å². The summed E-state index contributed by atoms with van der Waals surface area (Å²) in [5, 5.41) is 8.44. The smallest absolute Gasteiger partial charge is 0.249 e. The second-order valence-corrected chi connectivity index (χ2v) is 7.33. The predicted octanol–water partition coefficient (Wildman–Crippen LogP) is 4.71. The molecule has 0 bridgehead atoms. The summed E-state index contributed by atoms with van der Waals surface area (Å²) in [4.78, 5) is 17.3. The number of carbonyl (C=O) groups is 1. The first-order valence-corrected chi connectivity index (χ1v) is 10.1. The van der Waals surface area contributed by atoms with Crippen LogP contribution in [0.4, 0.5) is 5.82 Å². The van der Waals surface area contributed by atoms with Crippen molar-refractivity contribution >= 4 is 28.7 Å². The summed E-state index contributed by atoms with van der Waals surface area (Å²) in [6.07, 6.45) is 3.22. The summed E-state index contributed by atoms with van der Waals surface area (Å²) < 4.78 is 12.3. The van der Waals surface area contributed by atoms with Gasteiger partial charge in [-0.05, 0) is 55.3 Å². The fourth-order valence-corrected chi connectivity index (χ4v) is 3.47. The monoisotopic (exact) mass is 428 g/mol. The first-order chi connectivity index (χ1) is 15.5. The molecule has 0 fully saturated rings. The van der Waals surface area contributed by atoms with Crippen LogP contribution < -0.4 is 14.8 Å². The highest BCUT2D eigenvalue weighted by atomic mass is 16.5. The largest absolute Gasteiger partial charge is 0.497 e. The van der Waals surface area contributed by atoms with Gasteiger partial charge in [0.15, 0.2) is 5.82 Å². The van der Waals surface area contributed by atoms with E-state index in [1.165, 1.54) is 6.08 Å². The fraction of sp³-hybridized carbons (Fsp3) is 0.160. The molecule has 0 aliphatic heterocycles. The molecule has 0 radical (unpaired) electrons. The van der Waals surface area contributed by atoms with Crippen molar-refractivity contribution in [3.63, 3.8) is 0 Å². The van der Waals surface area contributed by atoms with Gasteiger partial charge in [0.25, 0.3) is 0 Å². The molecule has 4 aromatic rings. The van der Waals surface area contributed by atoms with Gasteiger partial charge in [0.2, 0.25) is 5.91 Å². The first-order valence-electron chi connectivity index (χ1n) is 10.1. The lowest BCUT2D eigenvalue weighted by atomic mass is 10.1. The van der Waals surface area contributed by atoms with E-state index in [2.05, 4.69) is 10.4 Å². The number of para-hydroxylation sites is 1. The molecule has 0 spiro atoms. The van der Waals surface area contributed by atoms with Gasteiger partial charge in [-0.1, -0.05) is 24.3 Å². The minimum Gasteiger partial charge on any atom is -0.497 e. The molecule has 7 heteroatoms. The number of rotatable bonds is 6. The van der Waals surface area contributed by atoms with E-state index < -0.39 is 0 Å². The lowest BCUT2D eigenvalue weighted by molar-refractivity contribution is -0.111. The number of aromatic nitrogens is 3. The molecule has 7 nitrogen and oxygen atoms in total. The van der Waals surface area contributed by atoms with E-state index in [0.29, 0.717) is 17.4 Å². The van der Waals surface area contributed by atoms with Gasteiger partial charge >= 0.3 is 0 Å². The number of fused-ring (bicyclic) bond motifs is 1. The number of ether oxygens (including phenoxy) is 2. The van der Waals surface area contributed by atoms with Crippen LogP contribution >= 0.6 is 0 Å². The molecule has 2 aromatic carbocycles. The third kappa shape index (κ3) is 4.32. The van der Waals surface area contributed by atoms with Crippen molar-refractivity contribution in [2.24, 2.45) is 0 Å². The van der Waals surface area contributed by atoms with E-state index in [1.54, 1.807) is 25.0 Å². The van der Waals surface area contributed by atoms with Gasteiger partial charge in [0.1, 0.15) is 22.8 Å². The molecule has 0 saturated heterocycles. The number of nitrogens with one attached hydrogen (secondary N) is 1. The molecule has 32 heavy (non-hydrogen) atoms. The van der Waals surface area contributed by atoms with Gasteiger partial charge < -0.3 is 14.8 Å². The predicted molar refractivity (Wildman–Crippen MR) is 126 cm³/mol. The molecule has 2 heterocycles. The second kappa shape index (κ2) is 8.93. The Kier molecular flexibility index (Phi) is 5.89. The highest BCUT2D eigenvalue weighted by molar-refractivity contribution is 6.01. The van der Waals surface area contributed by atoms with Crippen LogP contribution in [0.25, 0.3) is 22.8 Å². The number of aryl methyl sites for hydroxylation is 2. The van der Waals surface area contributed by atoms with Crippen molar-refractivity contribution in [2.45, 2.75) is 13.8 Å². The zero-order chi connectivity index (χ0) is 22.7. The first kappa shape index (κ1) is 21.1. The van der Waals surface area contributed by atoms with Gasteiger partial charge in [-0.2, -0.15) is 9.78 Å². The van der Waals surface area contributed by atoms with Crippen molar-refractivity contribution < 1.29 is 14.3 Å². The molecule has 0 aliphatic rings. The van der Waals surface area contributed by atoms with Crippen LogP contribution in [0.3, 0.4) is 0 Å². The molecule has 2 aromatic heterocycles. The van der Waals surface area contributed by atoms with E-state index in [4.69, 9.17) is 14.5 Å². The lowest BCUT2D eigenvalue weighted by Gasteiger charge is -2.11. The van der Waals surface area contributed by atoms with Gasteiger partial charge in [0, 0.05) is 17.5 Å². The van der Waals surface area contributed by atoms with Gasteiger partial charge in [-0.25, -0.2) is 4.98 Å². The number of methoxy groups -OCH3 is 2. The standard InChI is InChI=1S/C25H24N4O3/c1-16-14-22(27-25-20(16)6-5-7-21(25)32-4)29-23(15-17(2)28-29)26-24(30)13-10-18-8-11-19(31-3)12-9-18/h5-15H,1-4H3,(H,26,30)/b13-10+. The fourth-order valence-electron chi connectivity index (χ4n) is 3.47. The van der Waals surface area contributed by atoms with E-state index >= 15 is 0 Å². The Labute approximate surface area is 186 Å². The number of pyridine rings is 1. The molecule has 162 valence electrons. The lowest BCUT2D eigenvalue weighted by Crippen LogP contribution is -2.13. The summed E-state index contributed by atoms with van der Waals surface area (Å²) in [6, 6.07) is 17.0. The number of nitrogens with zero attached hydrogens (tertiary/aromatic N) is 3. The highest BCUT2D eigenvalue weighted by Gasteiger charge is 2.14. The number of hydrogen-bond acceptors (Lipinski definition) is 5. The normalized spacial score (nSPS) is 11.1. The molecule has 0 unspecified atom stereocenters. The molecule has 0 saturated carbocycles. The number of carbonyl (C=O) groups excluding carboxylic acids is 1. The van der Waals surface area contributed by atoms with Gasteiger partial charge in [-0.15, -0.1) is 0 Å². The number of hydrogen-bond donors (Lipinski definition) is 1. The van der Waals surface area contributed by atoms with Gasteiger partial charge in [-0.3, -0.25) is 4.79 Å². The molecule has 0 aliphatic carbocycles. The van der Waals surface area contributed by atoms with Crippen LogP contribution in [0.5, 0.6) is 11.5 Å². The summed E-state index contributed by atoms with van der Waals surface area (Å²) in [5.41, 5.74) is 3.44. The number of anilines is 1. The molecule has 1 N–H and O–H groups in total. The van der Waals surface area contributed by atoms with Gasteiger partial charge in [0.05, 0.1) is 19.9 Å². The molecular formula is C25H24N4O3. The third-order valence-corrected chi connectivity index (χ3v) is 5.06. The Hall–Kier alpha value is -4.13. The van der Waals surface area contributed by atoms with Crippen LogP contribution in [0.2, 0.25) is 0 Å². The Bertz CT molecular complexity index is 1310. The van der Waals surface area contributed by atoms with E-state index in [-0.39, 0.29) is 5.91 Å². The molecular weight excluding hydrogens is 404 g/mol. The van der Waals surface area contributed by atoms with Crippen LogP contribution in [0.1, 0.15) is 16.8 Å². The maximum Gasteiger partial charge on any atom is 0.249 e. The Balaban J connectivity index is 1.63. The molecule has 4 rings (SSSR count). The summed E-state index contributed by atoms with van der Waals surface area (Å²) in [5.74, 6) is 2.32. The highest BCUT2D eigenvalue weighted by Crippen LogP contribution is 2.28. The SMILES string of the molecule is COc1ccc(/C=C/C(=O)Nc2cc(C)nn2-c2cc(C)c3cccc(OC)c3n2)cc1. The number of benzene rings is 2. The topological polar surface area (TPSA) is 78.3 Å². The summed E-state index contributed by atoms with van der Waals surface area (Å²) >= 11 is 0. The quantitative estimate of drug-likeness (QED) is 0.450. The third-order valence-electron chi connectivity index (χ3n) is 5.06. The van der Waals surface area contributed by atoms with Crippen molar-refractivity contribution in [3.05, 3.63) is 77.5 Å². The summed E-state index contributed by atoms with van der Waals surface area (Å²) in [6.45, 7) is 3.88. The van der Waals surface area contributed by atoms with Crippen LogP contribution in [0, 0.1) is 13.8 Å². The Morgan fingerprint density at radius 3 is 2.53 bits per heavy atom. The maximum atomic E-state index is 12.6. The number of amides is 1. The minimum atomic E-state index is -0.267. The average Bonchev–Trinajstić information content (AvgIpc) is 3.17.